The molecule has 0 radical (unpaired) electrons. The molecular weight excluding hydrogens is 224 g/mol. The number of nitrogens with one attached hydrogen (secondary N) is 1. The Morgan fingerprint density at radius 2 is 2.00 bits per heavy atom. The van der Waals surface area contributed by atoms with E-state index in [4.69, 9.17) is 9.84 Å². The Hall–Kier alpha value is -1.30. The minimum absolute atomic E-state index is 0.170. The predicted octanol–water partition coefficient (Wildman–Crippen LogP) is 0.668. The Morgan fingerprint density at radius 3 is 2.41 bits per heavy atom. The highest BCUT2D eigenvalue weighted by Gasteiger charge is 2.35. The Balaban J connectivity index is 2.45. The lowest BCUT2D eigenvalue weighted by Crippen LogP contribution is -2.40. The van der Waals surface area contributed by atoms with Crippen molar-refractivity contribution in [2.75, 3.05) is 13.6 Å². The summed E-state index contributed by atoms with van der Waals surface area (Å²) >= 11 is 0. The van der Waals surface area contributed by atoms with Crippen molar-refractivity contribution in [3.8, 4) is 0 Å². The summed E-state index contributed by atoms with van der Waals surface area (Å²) in [6.45, 7) is 5.88. The molecule has 0 aromatic heterocycles. The van der Waals surface area contributed by atoms with Gasteiger partial charge < -0.3 is 15.2 Å². The van der Waals surface area contributed by atoms with Crippen molar-refractivity contribution in [3.05, 3.63) is 0 Å². The van der Waals surface area contributed by atoms with Gasteiger partial charge in [0.25, 0.3) is 0 Å². The largest absolute Gasteiger partial charge is 0.480 e. The summed E-state index contributed by atoms with van der Waals surface area (Å²) in [4.78, 5) is 24.1. The van der Waals surface area contributed by atoms with Crippen molar-refractivity contribution in [3.63, 3.8) is 0 Å². The van der Waals surface area contributed by atoms with Crippen molar-refractivity contribution >= 4 is 12.1 Å². The first-order valence-electron chi connectivity index (χ1n) is 5.61. The third kappa shape index (κ3) is 4.22. The number of nitrogens with zero attached hydrogens (tertiary/aromatic N) is 1. The van der Waals surface area contributed by atoms with Crippen LogP contribution in [0, 0.1) is 0 Å². The second kappa shape index (κ2) is 4.91. The molecule has 0 bridgehead atoms. The van der Waals surface area contributed by atoms with Gasteiger partial charge in [-0.1, -0.05) is 0 Å². The van der Waals surface area contributed by atoms with E-state index in [-0.39, 0.29) is 6.04 Å². The first-order chi connectivity index (χ1) is 7.69. The standard InChI is InChI=1S/C11H20N2O4/c1-11(2,3)17-10(16)12-7-5-8(9(14)15)13(4)6-7/h7-8H,5-6H2,1-4H3,(H,12,16)(H,14,15)/t7-,8-/m1/s1. The van der Waals surface area contributed by atoms with E-state index in [9.17, 15) is 9.59 Å². The van der Waals surface area contributed by atoms with Gasteiger partial charge in [-0.15, -0.1) is 0 Å². The molecule has 98 valence electrons. The first-order valence-corrected chi connectivity index (χ1v) is 5.61. The minimum atomic E-state index is -0.860. The Bertz CT molecular complexity index is 311. The van der Waals surface area contributed by atoms with Crippen LogP contribution in [-0.2, 0) is 9.53 Å². The van der Waals surface area contributed by atoms with Crippen LogP contribution in [0.15, 0.2) is 0 Å². The van der Waals surface area contributed by atoms with Crippen molar-refractivity contribution < 1.29 is 19.4 Å². The molecular formula is C11H20N2O4. The van der Waals surface area contributed by atoms with Gasteiger partial charge in [0.15, 0.2) is 0 Å². The Kier molecular flexibility index (Phi) is 3.98. The van der Waals surface area contributed by atoms with E-state index < -0.39 is 23.7 Å². The number of carbonyl (C=O) groups is 2. The molecule has 2 N–H and O–H groups in total. The molecule has 0 unspecified atom stereocenters. The van der Waals surface area contributed by atoms with E-state index >= 15 is 0 Å². The fraction of sp³-hybridized carbons (Fsp3) is 0.818. The van der Waals surface area contributed by atoms with Gasteiger partial charge in [0, 0.05) is 12.6 Å². The molecule has 1 saturated heterocycles. The zero-order valence-corrected chi connectivity index (χ0v) is 10.7. The van der Waals surface area contributed by atoms with Crippen molar-refractivity contribution in [2.24, 2.45) is 0 Å². The first kappa shape index (κ1) is 13.8. The second-order valence-corrected chi connectivity index (χ2v) is 5.37. The molecule has 0 spiro atoms. The number of rotatable bonds is 2. The van der Waals surface area contributed by atoms with Crippen LogP contribution in [0.3, 0.4) is 0 Å². The van der Waals surface area contributed by atoms with Crippen LogP contribution in [0.5, 0.6) is 0 Å². The number of aliphatic carboxylic acids is 1. The molecule has 1 amide bonds. The van der Waals surface area contributed by atoms with Gasteiger partial charge in [0.1, 0.15) is 11.6 Å². The lowest BCUT2D eigenvalue weighted by molar-refractivity contribution is -0.141. The van der Waals surface area contributed by atoms with Gasteiger partial charge in [0.2, 0.25) is 0 Å². The predicted molar refractivity (Wildman–Crippen MR) is 61.8 cm³/mol. The van der Waals surface area contributed by atoms with Crippen molar-refractivity contribution in [1.82, 2.24) is 10.2 Å². The molecule has 1 aliphatic rings. The number of carbonyl (C=O) groups excluding carboxylic acids is 1. The van der Waals surface area contributed by atoms with Crippen LogP contribution in [0.2, 0.25) is 0 Å². The number of likely N-dealkylation sites (N-methyl/N-ethyl adjacent to an activating group) is 1. The van der Waals surface area contributed by atoms with Gasteiger partial charge in [-0.2, -0.15) is 0 Å². The number of carboxylic acid groups (broad SMARTS) is 1. The molecule has 2 atom stereocenters. The normalized spacial score (nSPS) is 25.6. The molecule has 0 saturated carbocycles. The number of ether oxygens (including phenoxy) is 1. The van der Waals surface area contributed by atoms with Gasteiger partial charge >= 0.3 is 12.1 Å². The van der Waals surface area contributed by atoms with Crippen LogP contribution >= 0.6 is 0 Å². The molecule has 1 rings (SSSR count). The number of likely N-dealkylation sites (tertiary alicyclic amines) is 1. The van der Waals surface area contributed by atoms with Crippen LogP contribution in [0.1, 0.15) is 27.2 Å². The maximum atomic E-state index is 11.5. The van der Waals surface area contributed by atoms with Gasteiger partial charge in [-0.25, -0.2) is 4.79 Å². The summed E-state index contributed by atoms with van der Waals surface area (Å²) in [5.74, 6) is -0.860. The molecule has 17 heavy (non-hydrogen) atoms. The average molecular weight is 244 g/mol. The Labute approximate surface area is 101 Å². The monoisotopic (exact) mass is 244 g/mol. The highest BCUT2D eigenvalue weighted by molar-refractivity contribution is 5.74. The summed E-state index contributed by atoms with van der Waals surface area (Å²) in [7, 11) is 1.73. The topological polar surface area (TPSA) is 78.9 Å². The average Bonchev–Trinajstić information content (AvgIpc) is 2.42. The molecule has 0 aromatic rings. The maximum Gasteiger partial charge on any atom is 0.407 e. The van der Waals surface area contributed by atoms with E-state index in [2.05, 4.69) is 5.32 Å². The molecule has 1 heterocycles. The van der Waals surface area contributed by atoms with Gasteiger partial charge in [-0.05, 0) is 34.2 Å². The lowest BCUT2D eigenvalue weighted by Gasteiger charge is -2.21. The SMILES string of the molecule is CN1C[C@H](NC(=O)OC(C)(C)C)C[C@@H]1C(=O)O. The second-order valence-electron chi connectivity index (χ2n) is 5.37. The molecule has 6 heteroatoms. The molecule has 1 fully saturated rings. The van der Waals surface area contributed by atoms with E-state index in [0.29, 0.717) is 13.0 Å². The zero-order chi connectivity index (χ0) is 13.2. The fourth-order valence-electron chi connectivity index (χ4n) is 1.87. The third-order valence-corrected chi connectivity index (χ3v) is 2.55. The minimum Gasteiger partial charge on any atom is -0.480 e. The maximum absolute atomic E-state index is 11.5. The number of amides is 1. The van der Waals surface area contributed by atoms with Gasteiger partial charge in [-0.3, -0.25) is 9.69 Å². The van der Waals surface area contributed by atoms with E-state index in [1.165, 1.54) is 0 Å². The summed E-state index contributed by atoms with van der Waals surface area (Å²) < 4.78 is 5.11. The summed E-state index contributed by atoms with van der Waals surface area (Å²) in [5.41, 5.74) is -0.541. The van der Waals surface area contributed by atoms with E-state index in [0.717, 1.165) is 0 Å². The number of hydrogen-bond donors (Lipinski definition) is 2. The quantitative estimate of drug-likeness (QED) is 0.746. The van der Waals surface area contributed by atoms with Gasteiger partial charge in [0.05, 0.1) is 0 Å². The molecule has 0 aromatic carbocycles. The molecule has 1 aliphatic heterocycles. The molecule has 0 aliphatic carbocycles. The van der Waals surface area contributed by atoms with Crippen molar-refractivity contribution in [2.45, 2.75) is 44.9 Å². The third-order valence-electron chi connectivity index (χ3n) is 2.55. The van der Waals surface area contributed by atoms with Crippen LogP contribution in [0.4, 0.5) is 4.79 Å². The highest BCUT2D eigenvalue weighted by atomic mass is 16.6. The zero-order valence-electron chi connectivity index (χ0n) is 10.7. The smallest absolute Gasteiger partial charge is 0.407 e. The molecule has 6 nitrogen and oxygen atoms in total. The highest BCUT2D eigenvalue weighted by Crippen LogP contribution is 2.16. The van der Waals surface area contributed by atoms with E-state index in [1.807, 2.05) is 0 Å². The summed E-state index contributed by atoms with van der Waals surface area (Å²) in [6.07, 6.45) is -0.0904. The van der Waals surface area contributed by atoms with Crippen molar-refractivity contribution in [1.29, 1.82) is 0 Å². The van der Waals surface area contributed by atoms with E-state index in [1.54, 1.807) is 32.7 Å². The van der Waals surface area contributed by atoms with Crippen LogP contribution in [0.25, 0.3) is 0 Å². The number of carboxylic acids is 1. The summed E-state index contributed by atoms with van der Waals surface area (Å²) in [5, 5.41) is 11.6. The van der Waals surface area contributed by atoms with Crippen LogP contribution < -0.4 is 5.32 Å². The lowest BCUT2D eigenvalue weighted by atomic mass is 10.2. The number of hydrogen-bond acceptors (Lipinski definition) is 4. The Morgan fingerprint density at radius 1 is 1.41 bits per heavy atom. The fourth-order valence-corrected chi connectivity index (χ4v) is 1.87. The number of alkyl carbamates (subject to hydrolysis) is 1. The van der Waals surface area contributed by atoms with Crippen LogP contribution in [-0.4, -0.2) is 53.3 Å². The summed E-state index contributed by atoms with van der Waals surface area (Å²) in [6, 6.07) is -0.703.